The van der Waals surface area contributed by atoms with E-state index < -0.39 is 23.8 Å². The second-order valence-electron chi connectivity index (χ2n) is 5.11. The molecule has 0 bridgehead atoms. The maximum atomic E-state index is 11.7. The van der Waals surface area contributed by atoms with Gasteiger partial charge in [0.25, 0.3) is 5.91 Å². The Kier molecular flexibility index (Phi) is 10.4. The zero-order valence-electron chi connectivity index (χ0n) is 15.9. The summed E-state index contributed by atoms with van der Waals surface area (Å²) in [6, 6.07) is 6.07. The standard InChI is InChI=1S/C18H21N3O7S/c1-3-26-16(24)10-9-14(22)19-18(29)21-20-15(23)11-28-13-7-5-12(6-8-13)17(25)27-4-2/h5-10H,3-4,11H2,1-2H3,(H,20,23)(H2,19,21,22,29)/b10-9+. The van der Waals surface area contributed by atoms with Gasteiger partial charge >= 0.3 is 11.9 Å². The summed E-state index contributed by atoms with van der Waals surface area (Å²) in [6.45, 7) is 3.46. The second-order valence-corrected chi connectivity index (χ2v) is 5.52. The monoisotopic (exact) mass is 423 g/mol. The van der Waals surface area contributed by atoms with Crippen LogP contribution in [0.3, 0.4) is 0 Å². The third-order valence-electron chi connectivity index (χ3n) is 2.94. The van der Waals surface area contributed by atoms with E-state index in [1.54, 1.807) is 13.8 Å². The molecule has 0 unspecified atom stereocenters. The highest BCUT2D eigenvalue weighted by atomic mass is 32.1. The summed E-state index contributed by atoms with van der Waals surface area (Å²) in [5.74, 6) is -2.00. The molecule has 11 heteroatoms. The third-order valence-corrected chi connectivity index (χ3v) is 3.15. The average molecular weight is 423 g/mol. The molecule has 1 aromatic carbocycles. The van der Waals surface area contributed by atoms with Gasteiger partial charge in [-0.1, -0.05) is 0 Å². The van der Waals surface area contributed by atoms with E-state index in [2.05, 4.69) is 20.9 Å². The Bertz CT molecular complexity index is 778. The fourth-order valence-corrected chi connectivity index (χ4v) is 1.88. The lowest BCUT2D eigenvalue weighted by atomic mass is 10.2. The zero-order chi connectivity index (χ0) is 21.6. The minimum atomic E-state index is -0.678. The molecule has 0 aliphatic carbocycles. The molecular weight excluding hydrogens is 402 g/mol. The van der Waals surface area contributed by atoms with Crippen LogP contribution in [-0.2, 0) is 23.9 Å². The Morgan fingerprint density at radius 3 is 2.24 bits per heavy atom. The first-order valence-electron chi connectivity index (χ1n) is 8.50. The van der Waals surface area contributed by atoms with Gasteiger partial charge in [0.05, 0.1) is 18.8 Å². The van der Waals surface area contributed by atoms with Crippen LogP contribution in [0.4, 0.5) is 0 Å². The number of hydrogen-bond acceptors (Lipinski definition) is 8. The van der Waals surface area contributed by atoms with Crippen molar-refractivity contribution in [1.29, 1.82) is 0 Å². The van der Waals surface area contributed by atoms with Crippen molar-refractivity contribution < 1.29 is 33.4 Å². The van der Waals surface area contributed by atoms with Gasteiger partial charge in [0.15, 0.2) is 11.7 Å². The molecule has 2 amide bonds. The Morgan fingerprint density at radius 2 is 1.62 bits per heavy atom. The molecule has 0 radical (unpaired) electrons. The summed E-state index contributed by atoms with van der Waals surface area (Å²) in [5.41, 5.74) is 4.90. The Hall–Kier alpha value is -3.47. The SMILES string of the molecule is CCOC(=O)/C=C/C(=O)NC(=S)NNC(=O)COc1ccc(C(=O)OCC)cc1. The van der Waals surface area contributed by atoms with Crippen LogP contribution in [0.25, 0.3) is 0 Å². The van der Waals surface area contributed by atoms with E-state index in [4.69, 9.17) is 21.7 Å². The summed E-state index contributed by atoms with van der Waals surface area (Å²) in [5, 5.41) is 2.04. The van der Waals surface area contributed by atoms with Gasteiger partial charge in [0.1, 0.15) is 5.75 Å². The number of nitrogens with one attached hydrogen (secondary N) is 3. The second kappa shape index (κ2) is 12.8. The highest BCUT2D eigenvalue weighted by Gasteiger charge is 2.08. The van der Waals surface area contributed by atoms with Gasteiger partial charge in [0, 0.05) is 12.2 Å². The lowest BCUT2D eigenvalue weighted by Gasteiger charge is -2.10. The normalized spacial score (nSPS) is 10.0. The molecule has 3 N–H and O–H groups in total. The number of hydrogen-bond donors (Lipinski definition) is 3. The largest absolute Gasteiger partial charge is 0.484 e. The van der Waals surface area contributed by atoms with Gasteiger partial charge in [-0.15, -0.1) is 0 Å². The molecule has 1 rings (SSSR count). The molecule has 10 nitrogen and oxygen atoms in total. The first-order chi connectivity index (χ1) is 13.8. The van der Waals surface area contributed by atoms with Crippen LogP contribution in [0, 0.1) is 0 Å². The van der Waals surface area contributed by atoms with Crippen molar-refractivity contribution in [3.05, 3.63) is 42.0 Å². The number of ether oxygens (including phenoxy) is 3. The first-order valence-corrected chi connectivity index (χ1v) is 8.91. The van der Waals surface area contributed by atoms with Crippen molar-refractivity contribution in [2.24, 2.45) is 0 Å². The summed E-state index contributed by atoms with van der Waals surface area (Å²) >= 11 is 4.83. The summed E-state index contributed by atoms with van der Waals surface area (Å²) < 4.78 is 14.8. The van der Waals surface area contributed by atoms with Gasteiger partial charge in [-0.05, 0) is 50.3 Å². The van der Waals surface area contributed by atoms with Crippen LogP contribution in [0.1, 0.15) is 24.2 Å². The number of rotatable bonds is 8. The van der Waals surface area contributed by atoms with Gasteiger partial charge in [-0.3, -0.25) is 25.8 Å². The summed E-state index contributed by atoms with van der Waals surface area (Å²) in [6.07, 6.45) is 1.89. The van der Waals surface area contributed by atoms with Crippen LogP contribution in [0.15, 0.2) is 36.4 Å². The van der Waals surface area contributed by atoms with Gasteiger partial charge in [0.2, 0.25) is 5.91 Å². The summed E-state index contributed by atoms with van der Waals surface area (Å²) in [4.78, 5) is 45.9. The molecule has 0 atom stereocenters. The van der Waals surface area contributed by atoms with Crippen LogP contribution < -0.4 is 20.9 Å². The molecule has 1 aromatic rings. The summed E-state index contributed by atoms with van der Waals surface area (Å²) in [7, 11) is 0. The Labute approximate surface area is 172 Å². The molecule has 0 aliphatic heterocycles. The van der Waals surface area contributed by atoms with Crippen molar-refractivity contribution in [2.45, 2.75) is 13.8 Å². The van der Waals surface area contributed by atoms with Crippen LogP contribution in [0.5, 0.6) is 5.75 Å². The van der Waals surface area contributed by atoms with Gasteiger partial charge < -0.3 is 14.2 Å². The fraction of sp³-hybridized carbons (Fsp3) is 0.278. The Balaban J connectivity index is 2.32. The highest BCUT2D eigenvalue weighted by Crippen LogP contribution is 2.12. The number of thiocarbonyl (C=S) groups is 1. The maximum Gasteiger partial charge on any atom is 0.338 e. The van der Waals surface area contributed by atoms with E-state index in [0.717, 1.165) is 12.2 Å². The zero-order valence-corrected chi connectivity index (χ0v) is 16.7. The van der Waals surface area contributed by atoms with E-state index in [1.165, 1.54) is 24.3 Å². The van der Waals surface area contributed by atoms with Crippen molar-refractivity contribution in [3.8, 4) is 5.75 Å². The highest BCUT2D eigenvalue weighted by molar-refractivity contribution is 7.80. The molecule has 0 aliphatic rings. The quantitative estimate of drug-likeness (QED) is 0.235. The molecule has 0 saturated carbocycles. The third kappa shape index (κ3) is 9.86. The van der Waals surface area contributed by atoms with Crippen molar-refractivity contribution >= 4 is 41.1 Å². The molecule has 156 valence electrons. The maximum absolute atomic E-state index is 11.7. The predicted octanol–water partition coefficient (Wildman–Crippen LogP) is 0.383. The topological polar surface area (TPSA) is 132 Å². The molecular formula is C18H21N3O7S. The van der Waals surface area contributed by atoms with Gasteiger partial charge in [-0.2, -0.15) is 0 Å². The molecule has 0 aromatic heterocycles. The molecule has 0 saturated heterocycles. The van der Waals surface area contributed by atoms with Crippen molar-refractivity contribution in [2.75, 3.05) is 19.8 Å². The first kappa shape index (κ1) is 23.6. The number of hydrazine groups is 1. The van der Waals surface area contributed by atoms with Crippen LogP contribution in [0.2, 0.25) is 0 Å². The fourth-order valence-electron chi connectivity index (χ4n) is 1.73. The Morgan fingerprint density at radius 1 is 0.966 bits per heavy atom. The number of carbonyl (C=O) groups is 4. The van der Waals surface area contributed by atoms with Crippen LogP contribution >= 0.6 is 12.2 Å². The van der Waals surface area contributed by atoms with E-state index in [-0.39, 0.29) is 24.9 Å². The smallest absolute Gasteiger partial charge is 0.338 e. The predicted molar refractivity (Wildman–Crippen MR) is 106 cm³/mol. The van der Waals surface area contributed by atoms with E-state index in [9.17, 15) is 19.2 Å². The lowest BCUT2D eigenvalue weighted by Crippen LogP contribution is -2.49. The lowest BCUT2D eigenvalue weighted by molar-refractivity contribution is -0.137. The van der Waals surface area contributed by atoms with E-state index in [0.29, 0.717) is 11.3 Å². The van der Waals surface area contributed by atoms with E-state index in [1.807, 2.05) is 0 Å². The molecule has 0 heterocycles. The molecule has 0 fully saturated rings. The minimum Gasteiger partial charge on any atom is -0.484 e. The van der Waals surface area contributed by atoms with Crippen molar-refractivity contribution in [1.82, 2.24) is 16.2 Å². The van der Waals surface area contributed by atoms with Crippen molar-refractivity contribution in [3.63, 3.8) is 0 Å². The van der Waals surface area contributed by atoms with E-state index >= 15 is 0 Å². The van der Waals surface area contributed by atoms with Gasteiger partial charge in [-0.25, -0.2) is 9.59 Å². The minimum absolute atomic E-state index is 0.185. The van der Waals surface area contributed by atoms with Crippen LogP contribution in [-0.4, -0.2) is 48.7 Å². The average Bonchev–Trinajstić information content (AvgIpc) is 2.70. The molecule has 29 heavy (non-hydrogen) atoms. The number of amides is 2. The number of esters is 2. The number of benzene rings is 1. The number of carbonyl (C=O) groups excluding carboxylic acids is 4. The molecule has 0 spiro atoms.